The fourth-order valence-electron chi connectivity index (χ4n) is 1.54. The lowest BCUT2D eigenvalue weighted by Gasteiger charge is -2.23. The van der Waals surface area contributed by atoms with Crippen LogP contribution in [0.3, 0.4) is 0 Å². The highest BCUT2D eigenvalue weighted by Crippen LogP contribution is 2.26. The lowest BCUT2D eigenvalue weighted by Crippen LogP contribution is -2.30. The van der Waals surface area contributed by atoms with Crippen LogP contribution in [0.15, 0.2) is 18.2 Å². The van der Waals surface area contributed by atoms with Crippen molar-refractivity contribution in [3.63, 3.8) is 0 Å². The highest BCUT2D eigenvalue weighted by atomic mass is 28.4. The topological polar surface area (TPSA) is 18.5 Å². The van der Waals surface area contributed by atoms with E-state index < -0.39 is 16.6 Å². The summed E-state index contributed by atoms with van der Waals surface area (Å²) < 4.78 is 12.0. The van der Waals surface area contributed by atoms with Gasteiger partial charge < -0.3 is 8.85 Å². The molecule has 0 saturated carbocycles. The molecule has 4 heteroatoms. The predicted molar refractivity (Wildman–Crippen MR) is 79.1 cm³/mol. The van der Waals surface area contributed by atoms with Crippen molar-refractivity contribution >= 4 is 16.6 Å². The van der Waals surface area contributed by atoms with E-state index in [9.17, 15) is 0 Å². The molecule has 0 N–H and O–H groups in total. The lowest BCUT2D eigenvalue weighted by atomic mass is 10.2. The summed E-state index contributed by atoms with van der Waals surface area (Å²) in [5.74, 6) is 1.88. The molecular weight excluding hydrogens is 244 g/mol. The van der Waals surface area contributed by atoms with E-state index in [1.165, 1.54) is 5.56 Å². The fourth-order valence-corrected chi connectivity index (χ4v) is 3.19. The first-order valence-electron chi connectivity index (χ1n) is 6.05. The normalized spacial score (nSPS) is 12.4. The van der Waals surface area contributed by atoms with Gasteiger partial charge >= 0.3 is 0 Å². The standard InChI is InChI=1S/C13H24O2Si2/c1-11-8-12(14-16(2,3)4)10-13(9-11)15-17(5,6)7/h8-10H,1-7H3. The predicted octanol–water partition coefficient (Wildman–Crippen LogP) is 4.42. The molecule has 0 bridgehead atoms. The minimum absolute atomic E-state index is 0.942. The van der Waals surface area contributed by atoms with Crippen molar-refractivity contribution in [3.8, 4) is 11.5 Å². The summed E-state index contributed by atoms with van der Waals surface area (Å²) in [6.07, 6.45) is 0. The summed E-state index contributed by atoms with van der Waals surface area (Å²) in [6, 6.07) is 6.17. The molecule has 17 heavy (non-hydrogen) atoms. The largest absolute Gasteiger partial charge is 0.544 e. The fraction of sp³-hybridized carbons (Fsp3) is 0.538. The number of hydrogen-bond acceptors (Lipinski definition) is 2. The number of rotatable bonds is 4. The molecule has 0 aliphatic carbocycles. The van der Waals surface area contributed by atoms with Gasteiger partial charge in [-0.15, -0.1) is 0 Å². The molecule has 1 aromatic rings. The third kappa shape index (κ3) is 5.93. The zero-order chi connectivity index (χ0) is 13.3. The van der Waals surface area contributed by atoms with Gasteiger partial charge in [0.25, 0.3) is 0 Å². The van der Waals surface area contributed by atoms with Crippen LogP contribution >= 0.6 is 0 Å². The maximum Gasteiger partial charge on any atom is 0.242 e. The molecule has 0 spiro atoms. The van der Waals surface area contributed by atoms with Gasteiger partial charge in [0, 0.05) is 6.07 Å². The monoisotopic (exact) mass is 268 g/mol. The summed E-state index contributed by atoms with van der Waals surface area (Å²) in [6.45, 7) is 15.2. The molecule has 0 radical (unpaired) electrons. The van der Waals surface area contributed by atoms with Gasteiger partial charge in [-0.25, -0.2) is 0 Å². The molecule has 0 fully saturated rings. The number of aryl methyl sites for hydroxylation is 1. The van der Waals surface area contributed by atoms with Gasteiger partial charge in [0.2, 0.25) is 16.6 Å². The van der Waals surface area contributed by atoms with Crippen LogP contribution in [-0.4, -0.2) is 16.6 Å². The summed E-state index contributed by atoms with van der Waals surface area (Å²) in [4.78, 5) is 0. The molecule has 1 aromatic carbocycles. The van der Waals surface area contributed by atoms with Gasteiger partial charge in [0.05, 0.1) is 0 Å². The van der Waals surface area contributed by atoms with Crippen LogP contribution in [0.25, 0.3) is 0 Å². The van der Waals surface area contributed by atoms with E-state index in [0.717, 1.165) is 11.5 Å². The van der Waals surface area contributed by atoms with Crippen molar-refractivity contribution < 1.29 is 8.85 Å². The molecule has 0 unspecified atom stereocenters. The number of benzene rings is 1. The van der Waals surface area contributed by atoms with Gasteiger partial charge in [-0.1, -0.05) is 0 Å². The second-order valence-electron chi connectivity index (χ2n) is 6.41. The smallest absolute Gasteiger partial charge is 0.242 e. The average Bonchev–Trinajstić information content (AvgIpc) is 1.93. The number of hydrogen-bond donors (Lipinski definition) is 0. The van der Waals surface area contributed by atoms with Gasteiger partial charge in [-0.05, 0) is 63.9 Å². The molecule has 2 nitrogen and oxygen atoms in total. The second kappa shape index (κ2) is 4.86. The van der Waals surface area contributed by atoms with Crippen molar-refractivity contribution in [3.05, 3.63) is 23.8 Å². The first-order chi connectivity index (χ1) is 7.55. The van der Waals surface area contributed by atoms with Crippen molar-refractivity contribution in [2.45, 2.75) is 46.2 Å². The van der Waals surface area contributed by atoms with Crippen LogP contribution in [0.4, 0.5) is 0 Å². The summed E-state index contributed by atoms with van der Waals surface area (Å²) in [5.41, 5.74) is 1.19. The van der Waals surface area contributed by atoms with Crippen molar-refractivity contribution in [2.24, 2.45) is 0 Å². The molecular formula is C13H24O2Si2. The van der Waals surface area contributed by atoms with Crippen LogP contribution in [0.5, 0.6) is 11.5 Å². The molecule has 96 valence electrons. The van der Waals surface area contributed by atoms with E-state index >= 15 is 0 Å². The zero-order valence-corrected chi connectivity index (χ0v) is 14.0. The van der Waals surface area contributed by atoms with Gasteiger partial charge in [-0.3, -0.25) is 0 Å². The Bertz CT molecular complexity index is 355. The summed E-state index contributed by atoms with van der Waals surface area (Å²) in [7, 11) is -3.09. The molecule has 1 rings (SSSR count). The Morgan fingerprint density at radius 2 is 1.06 bits per heavy atom. The Kier molecular flexibility index (Phi) is 4.09. The Labute approximate surface area is 107 Å². The van der Waals surface area contributed by atoms with Crippen molar-refractivity contribution in [1.29, 1.82) is 0 Å². The molecule has 0 heterocycles. The maximum absolute atomic E-state index is 6.01. The van der Waals surface area contributed by atoms with E-state index in [4.69, 9.17) is 8.85 Å². The van der Waals surface area contributed by atoms with E-state index in [0.29, 0.717) is 0 Å². The SMILES string of the molecule is Cc1cc(O[Si](C)(C)C)cc(O[Si](C)(C)C)c1. The van der Waals surface area contributed by atoms with Crippen LogP contribution in [0.1, 0.15) is 5.56 Å². The maximum atomic E-state index is 6.01. The zero-order valence-electron chi connectivity index (χ0n) is 12.0. The Hall–Kier alpha value is -0.746. The van der Waals surface area contributed by atoms with Crippen LogP contribution < -0.4 is 8.85 Å². The Morgan fingerprint density at radius 3 is 1.35 bits per heavy atom. The van der Waals surface area contributed by atoms with Crippen molar-refractivity contribution in [2.75, 3.05) is 0 Å². The van der Waals surface area contributed by atoms with Gasteiger partial charge in [0.1, 0.15) is 11.5 Å². The van der Waals surface area contributed by atoms with Crippen LogP contribution in [-0.2, 0) is 0 Å². The molecule has 0 amide bonds. The van der Waals surface area contributed by atoms with Gasteiger partial charge in [-0.2, -0.15) is 0 Å². The Morgan fingerprint density at radius 1 is 0.706 bits per heavy atom. The van der Waals surface area contributed by atoms with E-state index in [1.807, 2.05) is 6.07 Å². The van der Waals surface area contributed by atoms with Crippen LogP contribution in [0.2, 0.25) is 39.3 Å². The molecule has 0 saturated heterocycles. The molecule has 0 aromatic heterocycles. The summed E-state index contributed by atoms with van der Waals surface area (Å²) in [5, 5.41) is 0. The minimum atomic E-state index is -1.55. The first-order valence-corrected chi connectivity index (χ1v) is 12.9. The Balaban J connectivity index is 2.95. The van der Waals surface area contributed by atoms with Crippen LogP contribution in [0, 0.1) is 6.92 Å². The summed E-state index contributed by atoms with van der Waals surface area (Å²) >= 11 is 0. The van der Waals surface area contributed by atoms with Crippen molar-refractivity contribution in [1.82, 2.24) is 0 Å². The lowest BCUT2D eigenvalue weighted by molar-refractivity contribution is 0.532. The minimum Gasteiger partial charge on any atom is -0.544 e. The second-order valence-corrected chi connectivity index (χ2v) is 15.3. The van der Waals surface area contributed by atoms with E-state index in [2.05, 4.69) is 58.3 Å². The third-order valence-electron chi connectivity index (χ3n) is 1.87. The first kappa shape index (κ1) is 14.3. The molecule has 0 aliphatic heterocycles. The third-order valence-corrected chi connectivity index (χ3v) is 3.57. The van der Waals surface area contributed by atoms with E-state index in [1.54, 1.807) is 0 Å². The average molecular weight is 269 g/mol. The quantitative estimate of drug-likeness (QED) is 0.753. The highest BCUT2D eigenvalue weighted by molar-refractivity contribution is 6.70. The molecule has 0 aliphatic rings. The van der Waals surface area contributed by atoms with E-state index in [-0.39, 0.29) is 0 Å². The highest BCUT2D eigenvalue weighted by Gasteiger charge is 2.19. The van der Waals surface area contributed by atoms with Gasteiger partial charge in [0.15, 0.2) is 0 Å². The molecule has 0 atom stereocenters.